The topological polar surface area (TPSA) is 26.3 Å². The van der Waals surface area contributed by atoms with Crippen LogP contribution in [-0.2, 0) is 12.3 Å². The van der Waals surface area contributed by atoms with E-state index in [0.29, 0.717) is 0 Å². The maximum absolute atomic E-state index is 12.5. The Balaban J connectivity index is 2.37. The van der Waals surface area contributed by atoms with E-state index in [9.17, 15) is 9.18 Å². The van der Waals surface area contributed by atoms with Crippen molar-refractivity contribution < 1.29 is 12.3 Å². The zero-order chi connectivity index (χ0) is 9.68. The van der Waals surface area contributed by atoms with Crippen LogP contribution >= 0.6 is 0 Å². The molecule has 0 aliphatic heterocycles. The molecule has 1 rings (SSSR count). The van der Waals surface area contributed by atoms with E-state index >= 15 is 0 Å². The van der Waals surface area contributed by atoms with E-state index in [0.717, 1.165) is 10.0 Å². The van der Waals surface area contributed by atoms with Gasteiger partial charge in [0.2, 0.25) is 0 Å². The molecule has 0 N–H and O–H groups in total. The monoisotopic (exact) mass is 288 g/mol. The second kappa shape index (κ2) is 5.21. The molecule has 68 valence electrons. The van der Waals surface area contributed by atoms with Crippen LogP contribution in [0, 0.1) is 5.82 Å². The number of carbonyl (C=O) groups excluding carboxylic acids is 1. The fourth-order valence-corrected chi connectivity index (χ4v) is 2.76. The predicted octanol–water partition coefficient (Wildman–Crippen LogP) is 1.51. The Kier molecular flexibility index (Phi) is 4.21. The number of carbonyl (C=O) groups is 1. The normalized spacial score (nSPS) is 9.69. The maximum atomic E-state index is 12.5. The van der Waals surface area contributed by atoms with Crippen LogP contribution in [0.5, 0.6) is 0 Å². The van der Waals surface area contributed by atoms with Crippen molar-refractivity contribution in [1.29, 1.82) is 0 Å². The van der Waals surface area contributed by atoms with Crippen molar-refractivity contribution in [3.05, 3.63) is 35.6 Å². The first kappa shape index (κ1) is 10.5. The Bertz CT molecular complexity index is 284. The van der Waals surface area contributed by atoms with Gasteiger partial charge in [0.1, 0.15) is 0 Å². The number of benzene rings is 1. The van der Waals surface area contributed by atoms with E-state index in [1.807, 2.05) is 0 Å². The Labute approximate surface area is 86.9 Å². The van der Waals surface area contributed by atoms with Crippen molar-refractivity contribution in [3.63, 3.8) is 0 Å². The molecule has 0 aliphatic rings. The summed E-state index contributed by atoms with van der Waals surface area (Å²) in [7, 11) is 0. The molecule has 0 fully saturated rings. The molecule has 2 nitrogen and oxygen atoms in total. The van der Waals surface area contributed by atoms with Crippen molar-refractivity contribution in [1.82, 2.24) is 0 Å². The molecule has 0 bridgehead atoms. The average molecular weight is 287 g/mol. The molecular weight excluding hydrogens is 278 g/mol. The van der Waals surface area contributed by atoms with Crippen LogP contribution in [0.2, 0.25) is 0 Å². The van der Waals surface area contributed by atoms with Crippen molar-refractivity contribution in [2.75, 3.05) is 0 Å². The van der Waals surface area contributed by atoms with Crippen LogP contribution in [0.4, 0.5) is 4.39 Å². The third-order valence-corrected chi connectivity index (χ3v) is 4.21. The molecular formula is C9H9FO2Sn. The number of hydrogen-bond donors (Lipinski definition) is 0. The second-order valence-electron chi connectivity index (χ2n) is 2.54. The third kappa shape index (κ3) is 4.26. The van der Waals surface area contributed by atoms with E-state index in [2.05, 4.69) is 0 Å². The van der Waals surface area contributed by atoms with E-state index in [1.165, 1.54) is 19.1 Å². The van der Waals surface area contributed by atoms with Crippen LogP contribution < -0.4 is 0 Å². The zero-order valence-electron chi connectivity index (χ0n) is 7.21. The molecule has 13 heavy (non-hydrogen) atoms. The standard InChI is InChI=1S/C7H6F.C2H4O2.Sn/c1-6-2-4-7(8)5-3-6;1-2(3)4;/h2-5H,1H2;1H3,(H,3,4);/q;;+1/p-1. The number of rotatable bonds is 3. The Morgan fingerprint density at radius 2 is 2.08 bits per heavy atom. The quantitative estimate of drug-likeness (QED) is 0.788. The molecule has 0 saturated carbocycles. The van der Waals surface area contributed by atoms with Gasteiger partial charge in [-0.2, -0.15) is 0 Å². The van der Waals surface area contributed by atoms with Crippen LogP contribution in [0.25, 0.3) is 0 Å². The van der Waals surface area contributed by atoms with E-state index in [1.54, 1.807) is 12.1 Å². The first-order valence-electron chi connectivity index (χ1n) is 3.83. The summed E-state index contributed by atoms with van der Waals surface area (Å²) in [5.74, 6) is -0.449. The summed E-state index contributed by atoms with van der Waals surface area (Å²) >= 11 is -1.08. The molecule has 1 aromatic carbocycles. The van der Waals surface area contributed by atoms with Crippen molar-refractivity contribution in [2.24, 2.45) is 0 Å². The first-order valence-corrected chi connectivity index (χ1v) is 7.01. The van der Waals surface area contributed by atoms with Crippen molar-refractivity contribution in [3.8, 4) is 0 Å². The minimum absolute atomic E-state index is 0.214. The summed E-state index contributed by atoms with van der Waals surface area (Å²) in [6.45, 7) is 1.41. The van der Waals surface area contributed by atoms with Gasteiger partial charge in [-0.3, -0.25) is 0 Å². The molecule has 2 radical (unpaired) electrons. The van der Waals surface area contributed by atoms with Crippen LogP contribution in [-0.4, -0.2) is 27.5 Å². The zero-order valence-corrected chi connectivity index (χ0v) is 10.1. The van der Waals surface area contributed by atoms with Gasteiger partial charge >= 0.3 is 86.8 Å². The molecule has 4 heteroatoms. The van der Waals surface area contributed by atoms with Crippen LogP contribution in [0.1, 0.15) is 12.5 Å². The molecule has 0 aliphatic carbocycles. The SMILES string of the molecule is CC(=O)[O][Sn][CH2]c1ccc(F)cc1. The summed E-state index contributed by atoms with van der Waals surface area (Å²) in [5, 5.41) is 0. The Morgan fingerprint density at radius 1 is 1.46 bits per heavy atom. The molecule has 0 amide bonds. The van der Waals surface area contributed by atoms with Gasteiger partial charge in [0, 0.05) is 0 Å². The van der Waals surface area contributed by atoms with E-state index in [4.69, 9.17) is 3.07 Å². The number of halogens is 1. The summed E-state index contributed by atoms with van der Waals surface area (Å²) in [6.07, 6.45) is 0. The summed E-state index contributed by atoms with van der Waals surface area (Å²) in [6, 6.07) is 6.28. The average Bonchev–Trinajstić information content (AvgIpc) is 2.08. The minimum atomic E-state index is -1.08. The van der Waals surface area contributed by atoms with E-state index in [-0.39, 0.29) is 11.8 Å². The van der Waals surface area contributed by atoms with Gasteiger partial charge in [-0.25, -0.2) is 0 Å². The molecule has 0 aromatic heterocycles. The van der Waals surface area contributed by atoms with Crippen LogP contribution in [0.3, 0.4) is 0 Å². The molecule has 0 atom stereocenters. The third-order valence-electron chi connectivity index (χ3n) is 1.41. The Morgan fingerprint density at radius 3 is 2.62 bits per heavy atom. The predicted molar refractivity (Wildman–Crippen MR) is 47.6 cm³/mol. The Hall–Kier alpha value is -0.581. The molecule has 0 saturated heterocycles. The molecule has 0 heterocycles. The first-order chi connectivity index (χ1) is 6.18. The summed E-state index contributed by atoms with van der Waals surface area (Å²) < 4.78 is 18.2. The van der Waals surface area contributed by atoms with Crippen molar-refractivity contribution in [2.45, 2.75) is 11.4 Å². The van der Waals surface area contributed by atoms with E-state index < -0.39 is 21.6 Å². The van der Waals surface area contributed by atoms with Gasteiger partial charge in [-0.05, 0) is 0 Å². The fourth-order valence-electron chi connectivity index (χ4n) is 0.823. The van der Waals surface area contributed by atoms with Gasteiger partial charge in [-0.1, -0.05) is 0 Å². The molecule has 0 spiro atoms. The van der Waals surface area contributed by atoms with Gasteiger partial charge < -0.3 is 0 Å². The van der Waals surface area contributed by atoms with Gasteiger partial charge in [0.25, 0.3) is 0 Å². The number of hydrogen-bond acceptors (Lipinski definition) is 2. The van der Waals surface area contributed by atoms with Gasteiger partial charge in [0.15, 0.2) is 0 Å². The molecule has 0 unspecified atom stereocenters. The van der Waals surface area contributed by atoms with Crippen molar-refractivity contribution >= 4 is 27.5 Å². The van der Waals surface area contributed by atoms with Crippen LogP contribution in [0.15, 0.2) is 24.3 Å². The fraction of sp³-hybridized carbons (Fsp3) is 0.222. The second-order valence-corrected chi connectivity index (χ2v) is 4.96. The van der Waals surface area contributed by atoms with Gasteiger partial charge in [0.05, 0.1) is 0 Å². The van der Waals surface area contributed by atoms with Gasteiger partial charge in [-0.15, -0.1) is 0 Å². The summed E-state index contributed by atoms with van der Waals surface area (Å²) in [4.78, 5) is 10.4. The molecule has 1 aromatic rings. The summed E-state index contributed by atoms with van der Waals surface area (Å²) in [5.41, 5.74) is 1.04.